The van der Waals surface area contributed by atoms with Crippen molar-refractivity contribution >= 4 is 41.0 Å². The van der Waals surface area contributed by atoms with E-state index in [0.717, 1.165) is 4.90 Å². The van der Waals surface area contributed by atoms with Crippen LogP contribution in [0.2, 0.25) is 0 Å². The summed E-state index contributed by atoms with van der Waals surface area (Å²) in [7, 11) is 3.00. The summed E-state index contributed by atoms with van der Waals surface area (Å²) in [5, 5.41) is 3.91. The van der Waals surface area contributed by atoms with Crippen LogP contribution in [0.25, 0.3) is 0 Å². The molecule has 2 atom stereocenters. The van der Waals surface area contributed by atoms with Gasteiger partial charge in [-0.2, -0.15) is 0 Å². The molecule has 2 heterocycles. The number of methoxy groups -OCH3 is 2. The van der Waals surface area contributed by atoms with E-state index >= 15 is 0 Å². The average Bonchev–Trinajstić information content (AvgIpc) is 3.29. The summed E-state index contributed by atoms with van der Waals surface area (Å²) in [5.41, 5.74) is 1.04. The quantitative estimate of drug-likeness (QED) is 0.693. The van der Waals surface area contributed by atoms with Gasteiger partial charge >= 0.3 is 6.03 Å². The molecule has 2 aliphatic rings. The number of hydrogen-bond acceptors (Lipinski definition) is 6. The number of halogens is 1. The van der Waals surface area contributed by atoms with E-state index < -0.39 is 35.0 Å². The highest BCUT2D eigenvalue weighted by molar-refractivity contribution is 8.03. The Kier molecular flexibility index (Phi) is 6.28. The number of carbonyl (C=O) groups is 3. The van der Waals surface area contributed by atoms with Gasteiger partial charge in [0.25, 0.3) is 5.91 Å². The van der Waals surface area contributed by atoms with Gasteiger partial charge in [0.05, 0.1) is 25.9 Å². The van der Waals surface area contributed by atoms with E-state index in [4.69, 9.17) is 9.47 Å². The summed E-state index contributed by atoms with van der Waals surface area (Å²) in [5.74, 6) is -0.312. The molecule has 1 fully saturated rings. The average molecular weight is 472 g/mol. The number of nitrogens with one attached hydrogen (secondary N) is 1. The first-order chi connectivity index (χ1) is 15.8. The number of aryl methyl sites for hydroxylation is 1. The first-order valence-corrected chi connectivity index (χ1v) is 11.0. The number of nitrogens with zero attached hydrogens (tertiary/aromatic N) is 2. The van der Waals surface area contributed by atoms with E-state index in [1.807, 2.05) is 0 Å². The van der Waals surface area contributed by atoms with Crippen LogP contribution >= 0.6 is 11.8 Å². The number of urea groups is 1. The van der Waals surface area contributed by atoms with Gasteiger partial charge in [-0.15, -0.1) is 11.8 Å². The van der Waals surface area contributed by atoms with Crippen molar-refractivity contribution < 1.29 is 28.2 Å². The Labute approximate surface area is 194 Å². The number of rotatable bonds is 6. The molecule has 0 saturated carbocycles. The molecule has 0 aliphatic carbocycles. The van der Waals surface area contributed by atoms with Crippen LogP contribution in [0.15, 0.2) is 47.9 Å². The Balaban J connectivity index is 1.57. The molecule has 2 unspecified atom stereocenters. The van der Waals surface area contributed by atoms with E-state index in [1.54, 1.807) is 36.6 Å². The second-order valence-electron chi connectivity index (χ2n) is 7.51. The number of carbonyl (C=O) groups excluding carboxylic acids is 3. The number of imide groups is 1. The maximum absolute atomic E-state index is 13.7. The molecule has 0 aromatic heterocycles. The van der Waals surface area contributed by atoms with E-state index in [-0.39, 0.29) is 12.2 Å². The van der Waals surface area contributed by atoms with Crippen molar-refractivity contribution in [3.8, 4) is 11.5 Å². The van der Waals surface area contributed by atoms with Crippen LogP contribution in [0.1, 0.15) is 5.56 Å². The highest BCUT2D eigenvalue weighted by Gasteiger charge is 2.48. The van der Waals surface area contributed by atoms with Crippen LogP contribution in [0.3, 0.4) is 0 Å². The normalized spacial score (nSPS) is 19.5. The second kappa shape index (κ2) is 9.14. The number of benzene rings is 2. The lowest BCUT2D eigenvalue weighted by molar-refractivity contribution is -0.121. The van der Waals surface area contributed by atoms with Crippen LogP contribution in [0.4, 0.5) is 20.6 Å². The second-order valence-corrected chi connectivity index (χ2v) is 8.56. The van der Waals surface area contributed by atoms with E-state index in [9.17, 15) is 18.8 Å². The highest BCUT2D eigenvalue weighted by atomic mass is 32.2. The molecule has 2 aromatic rings. The molecule has 2 aliphatic heterocycles. The molecule has 0 radical (unpaired) electrons. The summed E-state index contributed by atoms with van der Waals surface area (Å²) in [6, 6.07) is 7.78. The van der Waals surface area contributed by atoms with E-state index in [2.05, 4.69) is 5.32 Å². The molecule has 2 aromatic carbocycles. The van der Waals surface area contributed by atoms with Gasteiger partial charge in [-0.1, -0.05) is 6.08 Å². The molecule has 4 rings (SSSR count). The summed E-state index contributed by atoms with van der Waals surface area (Å²) >= 11 is 1.28. The Morgan fingerprint density at radius 3 is 2.58 bits per heavy atom. The summed E-state index contributed by atoms with van der Waals surface area (Å²) in [4.78, 5) is 41.6. The molecule has 8 nitrogen and oxygen atoms in total. The SMILES string of the molecule is COc1ccc(NC(=O)CN2C(=O)N(c3ccc(F)c(C)c3)C(=O)C3SC=CC32)cc1OC. The topological polar surface area (TPSA) is 88.2 Å². The maximum Gasteiger partial charge on any atom is 0.332 e. The van der Waals surface area contributed by atoms with Gasteiger partial charge in [0, 0.05) is 11.8 Å². The monoisotopic (exact) mass is 471 g/mol. The number of amides is 4. The number of ether oxygens (including phenoxy) is 2. The number of fused-ring (bicyclic) bond motifs is 1. The van der Waals surface area contributed by atoms with Crippen LogP contribution in [0.5, 0.6) is 11.5 Å². The molecule has 33 heavy (non-hydrogen) atoms. The molecule has 0 spiro atoms. The zero-order valence-electron chi connectivity index (χ0n) is 18.2. The van der Waals surface area contributed by atoms with Crippen molar-refractivity contribution in [3.05, 3.63) is 59.3 Å². The van der Waals surface area contributed by atoms with Crippen molar-refractivity contribution in [1.29, 1.82) is 0 Å². The zero-order chi connectivity index (χ0) is 23.7. The summed E-state index contributed by atoms with van der Waals surface area (Å²) in [6.07, 6.45) is 1.74. The Hall–Kier alpha value is -3.53. The molecule has 4 amide bonds. The highest BCUT2D eigenvalue weighted by Crippen LogP contribution is 2.37. The Morgan fingerprint density at radius 1 is 1.12 bits per heavy atom. The lowest BCUT2D eigenvalue weighted by Crippen LogP contribution is -2.63. The molecule has 1 saturated heterocycles. The van der Waals surface area contributed by atoms with E-state index in [1.165, 1.54) is 49.1 Å². The first-order valence-electron chi connectivity index (χ1n) is 10.1. The summed E-state index contributed by atoms with van der Waals surface area (Å²) in [6.45, 7) is 1.28. The maximum atomic E-state index is 13.7. The minimum atomic E-state index is -0.637. The minimum Gasteiger partial charge on any atom is -0.493 e. The van der Waals surface area contributed by atoms with Gasteiger partial charge in [0.2, 0.25) is 5.91 Å². The van der Waals surface area contributed by atoms with E-state index in [0.29, 0.717) is 22.7 Å². The molecule has 1 N–H and O–H groups in total. The summed E-state index contributed by atoms with van der Waals surface area (Å²) < 4.78 is 24.2. The molecular weight excluding hydrogens is 449 g/mol. The third-order valence-electron chi connectivity index (χ3n) is 5.45. The van der Waals surface area contributed by atoms with Gasteiger partial charge in [-0.25, -0.2) is 14.1 Å². The number of anilines is 2. The van der Waals surface area contributed by atoms with Crippen LogP contribution < -0.4 is 19.7 Å². The fourth-order valence-electron chi connectivity index (χ4n) is 3.79. The molecule has 172 valence electrons. The van der Waals surface area contributed by atoms with Gasteiger partial charge in [-0.3, -0.25) is 9.59 Å². The van der Waals surface area contributed by atoms with Crippen molar-refractivity contribution in [2.24, 2.45) is 0 Å². The van der Waals surface area contributed by atoms with Gasteiger partial charge in [0.1, 0.15) is 17.6 Å². The smallest absolute Gasteiger partial charge is 0.332 e. The fraction of sp³-hybridized carbons (Fsp3) is 0.261. The lowest BCUT2D eigenvalue weighted by atomic mass is 10.1. The van der Waals surface area contributed by atoms with Crippen molar-refractivity contribution in [3.63, 3.8) is 0 Å². The lowest BCUT2D eigenvalue weighted by Gasteiger charge is -2.40. The molecule has 0 bridgehead atoms. The van der Waals surface area contributed by atoms with Crippen LogP contribution in [-0.2, 0) is 9.59 Å². The standard InChI is InChI=1S/C23H22FN3O5S/c1-13-10-15(5-6-16(13)24)27-22(29)21-17(8-9-33-21)26(23(27)30)12-20(28)25-14-4-7-18(31-2)19(11-14)32-3/h4-11,17,21H,12H2,1-3H3,(H,25,28). The third kappa shape index (κ3) is 4.25. The molecular formula is C23H22FN3O5S. The largest absolute Gasteiger partial charge is 0.493 e. The van der Waals surface area contributed by atoms with Gasteiger partial charge in [-0.05, 0) is 48.2 Å². The predicted octanol–water partition coefficient (Wildman–Crippen LogP) is 3.56. The third-order valence-corrected chi connectivity index (χ3v) is 6.54. The van der Waals surface area contributed by atoms with Gasteiger partial charge < -0.3 is 19.7 Å². The zero-order valence-corrected chi connectivity index (χ0v) is 19.0. The predicted molar refractivity (Wildman–Crippen MR) is 123 cm³/mol. The molecule has 10 heteroatoms. The van der Waals surface area contributed by atoms with Crippen molar-refractivity contribution in [1.82, 2.24) is 4.90 Å². The van der Waals surface area contributed by atoms with Crippen molar-refractivity contribution in [2.75, 3.05) is 31.0 Å². The first kappa shape index (κ1) is 22.7. The number of thioether (sulfide) groups is 1. The van der Waals surface area contributed by atoms with Crippen molar-refractivity contribution in [2.45, 2.75) is 18.2 Å². The van der Waals surface area contributed by atoms with Crippen LogP contribution in [-0.4, -0.2) is 54.8 Å². The minimum absolute atomic E-state index is 0.264. The fourth-order valence-corrected chi connectivity index (χ4v) is 4.83. The number of hydrogen-bond donors (Lipinski definition) is 1. The Bertz CT molecular complexity index is 1150. The van der Waals surface area contributed by atoms with Gasteiger partial charge in [0.15, 0.2) is 11.5 Å². The van der Waals surface area contributed by atoms with Crippen LogP contribution in [0, 0.1) is 12.7 Å². The Morgan fingerprint density at radius 2 is 1.88 bits per heavy atom.